The van der Waals surface area contributed by atoms with Crippen molar-refractivity contribution < 1.29 is 14.2 Å². The number of nitrogens with zero attached hydrogens (tertiary/aromatic N) is 2. The molecule has 158 valence electrons. The Morgan fingerprint density at radius 3 is 2.68 bits per heavy atom. The average Bonchev–Trinajstić information content (AvgIpc) is 2.71. The van der Waals surface area contributed by atoms with Crippen LogP contribution in [0.3, 0.4) is 0 Å². The number of benzene rings is 1. The van der Waals surface area contributed by atoms with Gasteiger partial charge >= 0.3 is 0 Å². The van der Waals surface area contributed by atoms with Gasteiger partial charge in [0.05, 0.1) is 26.9 Å². The first-order valence-electron chi connectivity index (χ1n) is 10.2. The van der Waals surface area contributed by atoms with Crippen molar-refractivity contribution in [3.63, 3.8) is 0 Å². The number of ether oxygens (including phenoxy) is 3. The third-order valence-corrected chi connectivity index (χ3v) is 4.51. The van der Waals surface area contributed by atoms with Crippen molar-refractivity contribution in [3.05, 3.63) is 24.3 Å². The molecule has 2 N–H and O–H groups in total. The highest BCUT2D eigenvalue weighted by atomic mass is 16.5. The summed E-state index contributed by atoms with van der Waals surface area (Å²) in [5.74, 6) is 2.92. The molecule has 1 aromatic rings. The number of hydrogen-bond acceptors (Lipinski definition) is 5. The molecule has 0 spiro atoms. The molecule has 2 atom stereocenters. The van der Waals surface area contributed by atoms with Crippen molar-refractivity contribution in [2.45, 2.75) is 26.9 Å². The summed E-state index contributed by atoms with van der Waals surface area (Å²) >= 11 is 0. The molecule has 1 aromatic carbocycles. The Labute approximate surface area is 169 Å². The summed E-state index contributed by atoms with van der Waals surface area (Å²) < 4.78 is 16.6. The highest BCUT2D eigenvalue weighted by molar-refractivity contribution is 5.79. The van der Waals surface area contributed by atoms with Crippen LogP contribution >= 0.6 is 0 Å². The van der Waals surface area contributed by atoms with E-state index in [-0.39, 0.29) is 6.10 Å². The van der Waals surface area contributed by atoms with Gasteiger partial charge in [-0.05, 0) is 31.9 Å². The summed E-state index contributed by atoms with van der Waals surface area (Å²) in [5.41, 5.74) is 0. The number of morpholine rings is 1. The van der Waals surface area contributed by atoms with E-state index in [4.69, 9.17) is 19.2 Å². The maximum Gasteiger partial charge on any atom is 0.191 e. The minimum absolute atomic E-state index is 0.00161. The highest BCUT2D eigenvalue weighted by Crippen LogP contribution is 2.19. The van der Waals surface area contributed by atoms with Crippen LogP contribution in [0.4, 0.5) is 0 Å². The average molecular weight is 393 g/mol. The van der Waals surface area contributed by atoms with Crippen molar-refractivity contribution in [1.82, 2.24) is 15.5 Å². The molecule has 1 heterocycles. The molecular weight excluding hydrogens is 356 g/mol. The molecule has 0 radical (unpaired) electrons. The van der Waals surface area contributed by atoms with Crippen LogP contribution in [0.1, 0.15) is 20.8 Å². The first-order valence-corrected chi connectivity index (χ1v) is 10.2. The monoisotopic (exact) mass is 392 g/mol. The van der Waals surface area contributed by atoms with Crippen LogP contribution in [0.2, 0.25) is 0 Å². The van der Waals surface area contributed by atoms with E-state index in [0.717, 1.165) is 63.4 Å². The summed E-state index contributed by atoms with van der Waals surface area (Å²) in [6.45, 7) is 13.4. The molecule has 2 unspecified atom stereocenters. The van der Waals surface area contributed by atoms with Crippen LogP contribution in [0, 0.1) is 5.92 Å². The lowest BCUT2D eigenvalue weighted by Crippen LogP contribution is -2.42. The Balaban J connectivity index is 1.77. The molecule has 7 heteroatoms. The Morgan fingerprint density at radius 2 is 1.96 bits per heavy atom. The van der Waals surface area contributed by atoms with Gasteiger partial charge in [-0.25, -0.2) is 0 Å². The predicted molar refractivity (Wildman–Crippen MR) is 113 cm³/mol. The lowest BCUT2D eigenvalue weighted by atomic mass is 10.1. The Kier molecular flexibility index (Phi) is 9.93. The van der Waals surface area contributed by atoms with Gasteiger partial charge in [-0.2, -0.15) is 0 Å². The van der Waals surface area contributed by atoms with Crippen LogP contribution in [0.5, 0.6) is 11.5 Å². The Hall–Kier alpha value is -1.99. The topological polar surface area (TPSA) is 67.4 Å². The molecule has 1 saturated heterocycles. The van der Waals surface area contributed by atoms with E-state index < -0.39 is 0 Å². The van der Waals surface area contributed by atoms with Gasteiger partial charge in [-0.15, -0.1) is 0 Å². The van der Waals surface area contributed by atoms with E-state index in [0.29, 0.717) is 12.5 Å². The smallest absolute Gasteiger partial charge is 0.191 e. The zero-order valence-electron chi connectivity index (χ0n) is 17.7. The molecule has 2 rings (SSSR count). The zero-order valence-corrected chi connectivity index (χ0v) is 17.7. The fourth-order valence-electron chi connectivity index (χ4n) is 3.06. The molecule has 0 amide bonds. The first-order chi connectivity index (χ1) is 13.6. The van der Waals surface area contributed by atoms with Gasteiger partial charge < -0.3 is 24.8 Å². The molecular formula is C21H36N4O3. The maximum atomic E-state index is 5.97. The minimum Gasteiger partial charge on any atom is -0.497 e. The molecule has 7 nitrogen and oxygen atoms in total. The molecule has 1 aliphatic rings. The van der Waals surface area contributed by atoms with E-state index in [1.807, 2.05) is 31.2 Å². The molecule has 28 heavy (non-hydrogen) atoms. The third-order valence-electron chi connectivity index (χ3n) is 4.51. The molecule has 1 fully saturated rings. The van der Waals surface area contributed by atoms with E-state index in [1.165, 1.54) is 0 Å². The normalized spacial score (nSPS) is 17.6. The van der Waals surface area contributed by atoms with Crippen molar-refractivity contribution in [2.75, 3.05) is 59.6 Å². The summed E-state index contributed by atoms with van der Waals surface area (Å²) in [5, 5.41) is 6.69. The summed E-state index contributed by atoms with van der Waals surface area (Å²) in [4.78, 5) is 7.20. The van der Waals surface area contributed by atoms with Gasteiger partial charge in [-0.3, -0.25) is 9.89 Å². The number of hydrogen-bond donors (Lipinski definition) is 2. The largest absolute Gasteiger partial charge is 0.497 e. The summed E-state index contributed by atoms with van der Waals surface area (Å²) in [6.07, 6.45) is 0.00161. The number of methoxy groups -OCH3 is 1. The molecule has 1 aliphatic heterocycles. The first kappa shape index (κ1) is 22.3. The Bertz CT molecular complexity index is 591. The zero-order chi connectivity index (χ0) is 20.2. The third kappa shape index (κ3) is 8.35. The molecule has 0 bridgehead atoms. The van der Waals surface area contributed by atoms with Gasteiger partial charge in [0.2, 0.25) is 0 Å². The second-order valence-corrected chi connectivity index (χ2v) is 7.23. The molecule has 0 aromatic heterocycles. The number of aliphatic imine (C=N–C) groups is 1. The second kappa shape index (κ2) is 12.5. The molecule has 0 saturated carbocycles. The van der Waals surface area contributed by atoms with Crippen LogP contribution in [-0.4, -0.2) is 76.6 Å². The maximum absolute atomic E-state index is 5.97. The number of nitrogens with one attached hydrogen (secondary N) is 2. The standard InChI is InChI=1S/C21H36N4O3/c1-5-22-21(23-14-17(2)16-25-9-11-27-12-10-25)24-15-18(3)28-20-8-6-7-19(13-20)26-4/h6-8,13,17-18H,5,9-12,14-16H2,1-4H3,(H2,22,23,24). The SMILES string of the molecule is CCNC(=NCC(C)CN1CCOCC1)NCC(C)Oc1cccc(OC)c1. The lowest BCUT2D eigenvalue weighted by molar-refractivity contribution is 0.0323. The number of guanidine groups is 1. The predicted octanol–water partition coefficient (Wildman–Crippen LogP) is 1.99. The minimum atomic E-state index is 0.00161. The van der Waals surface area contributed by atoms with Crippen molar-refractivity contribution in [1.29, 1.82) is 0 Å². The summed E-state index contributed by atoms with van der Waals surface area (Å²) in [6, 6.07) is 7.66. The number of rotatable bonds is 10. The van der Waals surface area contributed by atoms with E-state index in [9.17, 15) is 0 Å². The van der Waals surface area contributed by atoms with Gasteiger partial charge in [0.15, 0.2) is 5.96 Å². The van der Waals surface area contributed by atoms with Crippen LogP contribution in [0.15, 0.2) is 29.3 Å². The fraction of sp³-hybridized carbons (Fsp3) is 0.667. The molecule has 0 aliphatic carbocycles. The van der Waals surface area contributed by atoms with Gasteiger partial charge in [0.25, 0.3) is 0 Å². The van der Waals surface area contributed by atoms with Crippen LogP contribution in [-0.2, 0) is 4.74 Å². The van der Waals surface area contributed by atoms with Crippen molar-refractivity contribution in [2.24, 2.45) is 10.9 Å². The van der Waals surface area contributed by atoms with Gasteiger partial charge in [0, 0.05) is 38.8 Å². The highest BCUT2D eigenvalue weighted by Gasteiger charge is 2.14. The second-order valence-electron chi connectivity index (χ2n) is 7.23. The van der Waals surface area contributed by atoms with Crippen LogP contribution in [0.25, 0.3) is 0 Å². The quantitative estimate of drug-likeness (QED) is 0.469. The van der Waals surface area contributed by atoms with E-state index in [2.05, 4.69) is 29.4 Å². The van der Waals surface area contributed by atoms with Gasteiger partial charge in [-0.1, -0.05) is 13.0 Å². The van der Waals surface area contributed by atoms with Crippen molar-refractivity contribution in [3.8, 4) is 11.5 Å². The van der Waals surface area contributed by atoms with E-state index in [1.54, 1.807) is 7.11 Å². The summed E-state index contributed by atoms with van der Waals surface area (Å²) in [7, 11) is 1.66. The fourth-order valence-corrected chi connectivity index (χ4v) is 3.06. The van der Waals surface area contributed by atoms with Gasteiger partial charge in [0.1, 0.15) is 17.6 Å². The van der Waals surface area contributed by atoms with Crippen LogP contribution < -0.4 is 20.1 Å². The van der Waals surface area contributed by atoms with Crippen molar-refractivity contribution >= 4 is 5.96 Å². The van der Waals surface area contributed by atoms with E-state index >= 15 is 0 Å². The Morgan fingerprint density at radius 1 is 1.21 bits per heavy atom. The lowest BCUT2D eigenvalue weighted by Gasteiger charge is -2.28.